The quantitative estimate of drug-likeness (QED) is 0.776. The first kappa shape index (κ1) is 9.16. The van der Waals surface area contributed by atoms with E-state index >= 15 is 0 Å². The van der Waals surface area contributed by atoms with E-state index in [1.54, 1.807) is 0 Å². The van der Waals surface area contributed by atoms with Gasteiger partial charge in [0, 0.05) is 25.8 Å². The fourth-order valence-corrected chi connectivity index (χ4v) is 2.34. The zero-order valence-corrected chi connectivity index (χ0v) is 9.16. The van der Waals surface area contributed by atoms with Gasteiger partial charge in [0.25, 0.3) is 0 Å². The molecule has 0 radical (unpaired) electrons. The summed E-state index contributed by atoms with van der Waals surface area (Å²) in [6, 6.07) is 5.06. The van der Waals surface area contributed by atoms with Crippen molar-refractivity contribution < 1.29 is 0 Å². The van der Waals surface area contributed by atoms with Crippen molar-refractivity contribution in [3.05, 3.63) is 23.4 Å². The normalized spacial score (nSPS) is 19.8. The largest absolute Gasteiger partial charge is 0.354 e. The second-order valence-electron chi connectivity index (χ2n) is 4.55. The summed E-state index contributed by atoms with van der Waals surface area (Å²) in [5.74, 6) is 1.14. The van der Waals surface area contributed by atoms with Crippen LogP contribution in [0.25, 0.3) is 0 Å². The summed E-state index contributed by atoms with van der Waals surface area (Å²) in [5, 5.41) is 3.29. The molecule has 0 saturated carbocycles. The Labute approximate surface area is 90.5 Å². The molecule has 2 heterocycles. The minimum Gasteiger partial charge on any atom is -0.354 e. The number of rotatable bonds is 2. The molecule has 0 atom stereocenters. The molecule has 0 amide bonds. The SMILES string of the molecule is CN(c1ccc2c(n1)CCC2)C1CNC1. The van der Waals surface area contributed by atoms with E-state index in [4.69, 9.17) is 4.98 Å². The number of fused-ring (bicyclic) bond motifs is 1. The molecule has 1 aromatic heterocycles. The highest BCUT2D eigenvalue weighted by Gasteiger charge is 2.23. The van der Waals surface area contributed by atoms with Crippen molar-refractivity contribution in [1.29, 1.82) is 0 Å². The van der Waals surface area contributed by atoms with Gasteiger partial charge in [-0.15, -0.1) is 0 Å². The number of aryl methyl sites for hydroxylation is 2. The van der Waals surface area contributed by atoms with Crippen molar-refractivity contribution in [3.8, 4) is 0 Å². The average molecular weight is 203 g/mol. The van der Waals surface area contributed by atoms with Gasteiger partial charge in [0.15, 0.2) is 0 Å². The molecule has 2 aliphatic rings. The van der Waals surface area contributed by atoms with E-state index in [9.17, 15) is 0 Å². The van der Waals surface area contributed by atoms with E-state index in [1.807, 2.05) is 0 Å². The zero-order chi connectivity index (χ0) is 10.3. The summed E-state index contributed by atoms with van der Waals surface area (Å²) in [6.07, 6.45) is 3.66. The van der Waals surface area contributed by atoms with Crippen molar-refractivity contribution in [2.45, 2.75) is 25.3 Å². The Morgan fingerprint density at radius 2 is 2.20 bits per heavy atom. The molecular weight excluding hydrogens is 186 g/mol. The van der Waals surface area contributed by atoms with Crippen molar-refractivity contribution >= 4 is 5.82 Å². The molecule has 1 aliphatic heterocycles. The first-order valence-electron chi connectivity index (χ1n) is 5.77. The lowest BCUT2D eigenvalue weighted by Gasteiger charge is -2.36. The molecule has 1 aliphatic carbocycles. The molecule has 1 aromatic rings. The third-order valence-corrected chi connectivity index (χ3v) is 3.58. The lowest BCUT2D eigenvalue weighted by Crippen LogP contribution is -2.56. The molecule has 1 fully saturated rings. The summed E-state index contributed by atoms with van der Waals surface area (Å²) in [7, 11) is 2.15. The molecule has 0 bridgehead atoms. The van der Waals surface area contributed by atoms with Gasteiger partial charge < -0.3 is 10.2 Å². The molecule has 0 spiro atoms. The lowest BCUT2D eigenvalue weighted by atomic mass is 10.1. The number of pyridine rings is 1. The number of aromatic nitrogens is 1. The third-order valence-electron chi connectivity index (χ3n) is 3.58. The maximum atomic E-state index is 4.75. The van der Waals surface area contributed by atoms with Gasteiger partial charge in [-0.3, -0.25) is 0 Å². The van der Waals surface area contributed by atoms with Crippen LogP contribution < -0.4 is 10.2 Å². The first-order valence-corrected chi connectivity index (χ1v) is 5.77. The molecule has 0 aromatic carbocycles. The number of nitrogens with zero attached hydrogens (tertiary/aromatic N) is 2. The summed E-state index contributed by atoms with van der Waals surface area (Å²) in [6.45, 7) is 2.19. The molecule has 3 nitrogen and oxygen atoms in total. The van der Waals surface area contributed by atoms with Gasteiger partial charge in [0.2, 0.25) is 0 Å². The van der Waals surface area contributed by atoms with E-state index in [2.05, 4.69) is 29.4 Å². The van der Waals surface area contributed by atoms with Gasteiger partial charge in [0.05, 0.1) is 6.04 Å². The second-order valence-corrected chi connectivity index (χ2v) is 4.55. The molecule has 80 valence electrons. The van der Waals surface area contributed by atoms with Gasteiger partial charge in [0.1, 0.15) is 5.82 Å². The maximum Gasteiger partial charge on any atom is 0.128 e. The summed E-state index contributed by atoms with van der Waals surface area (Å²) >= 11 is 0. The van der Waals surface area contributed by atoms with Crippen molar-refractivity contribution in [1.82, 2.24) is 10.3 Å². The van der Waals surface area contributed by atoms with Crippen LogP contribution in [0.2, 0.25) is 0 Å². The standard InChI is InChI=1S/C12H17N3/c1-15(10-7-13-8-10)12-6-5-9-3-2-4-11(9)14-12/h5-6,10,13H,2-4,7-8H2,1H3. The monoisotopic (exact) mass is 203 g/mol. The molecule has 3 heteroatoms. The Morgan fingerprint density at radius 1 is 1.33 bits per heavy atom. The van der Waals surface area contributed by atoms with Crippen LogP contribution in [0.4, 0.5) is 5.82 Å². The van der Waals surface area contributed by atoms with Gasteiger partial charge in [-0.1, -0.05) is 6.07 Å². The van der Waals surface area contributed by atoms with Crippen molar-refractivity contribution in [3.63, 3.8) is 0 Å². The van der Waals surface area contributed by atoms with Crippen LogP contribution in [-0.4, -0.2) is 31.2 Å². The second kappa shape index (κ2) is 3.49. The topological polar surface area (TPSA) is 28.2 Å². The van der Waals surface area contributed by atoms with Gasteiger partial charge >= 0.3 is 0 Å². The van der Waals surface area contributed by atoms with Crippen LogP contribution in [0.3, 0.4) is 0 Å². The molecule has 0 unspecified atom stereocenters. The predicted octanol–water partition coefficient (Wildman–Crippen LogP) is 0.978. The van der Waals surface area contributed by atoms with Crippen LogP contribution in [0.1, 0.15) is 17.7 Å². The minimum atomic E-state index is 0.636. The highest BCUT2D eigenvalue weighted by Crippen LogP contribution is 2.23. The van der Waals surface area contributed by atoms with E-state index in [-0.39, 0.29) is 0 Å². The van der Waals surface area contributed by atoms with Gasteiger partial charge in [-0.2, -0.15) is 0 Å². The number of anilines is 1. The Balaban J connectivity index is 1.85. The molecular formula is C12H17N3. The Morgan fingerprint density at radius 3 is 2.93 bits per heavy atom. The van der Waals surface area contributed by atoms with Crippen LogP contribution in [-0.2, 0) is 12.8 Å². The first-order chi connectivity index (χ1) is 7.34. The lowest BCUT2D eigenvalue weighted by molar-refractivity contribution is 0.426. The fraction of sp³-hybridized carbons (Fsp3) is 0.583. The highest BCUT2D eigenvalue weighted by atomic mass is 15.3. The number of likely N-dealkylation sites (N-methyl/N-ethyl adjacent to an activating group) is 1. The maximum absolute atomic E-state index is 4.75. The summed E-state index contributed by atoms with van der Waals surface area (Å²) in [5.41, 5.74) is 2.78. The Bertz CT molecular complexity index is 371. The third kappa shape index (κ3) is 1.51. The zero-order valence-electron chi connectivity index (χ0n) is 9.16. The molecule has 15 heavy (non-hydrogen) atoms. The minimum absolute atomic E-state index is 0.636. The molecule has 3 rings (SSSR count). The summed E-state index contributed by atoms with van der Waals surface area (Å²) in [4.78, 5) is 7.05. The Kier molecular flexibility index (Phi) is 2.13. The van der Waals surface area contributed by atoms with Crippen LogP contribution in [0, 0.1) is 0 Å². The smallest absolute Gasteiger partial charge is 0.128 e. The van der Waals surface area contributed by atoms with E-state index in [0.29, 0.717) is 6.04 Å². The predicted molar refractivity (Wildman–Crippen MR) is 61.3 cm³/mol. The Hall–Kier alpha value is -1.09. The summed E-state index contributed by atoms with van der Waals surface area (Å²) < 4.78 is 0. The number of hydrogen-bond acceptors (Lipinski definition) is 3. The average Bonchev–Trinajstić information content (AvgIpc) is 2.61. The van der Waals surface area contributed by atoms with E-state index in [1.165, 1.54) is 30.5 Å². The van der Waals surface area contributed by atoms with Gasteiger partial charge in [-0.05, 0) is 30.9 Å². The molecule has 1 saturated heterocycles. The van der Waals surface area contributed by atoms with E-state index < -0.39 is 0 Å². The highest BCUT2D eigenvalue weighted by molar-refractivity contribution is 5.44. The van der Waals surface area contributed by atoms with Crippen molar-refractivity contribution in [2.24, 2.45) is 0 Å². The van der Waals surface area contributed by atoms with E-state index in [0.717, 1.165) is 18.9 Å². The van der Waals surface area contributed by atoms with Crippen LogP contribution in [0.15, 0.2) is 12.1 Å². The van der Waals surface area contributed by atoms with Crippen molar-refractivity contribution in [2.75, 3.05) is 25.0 Å². The van der Waals surface area contributed by atoms with Crippen LogP contribution >= 0.6 is 0 Å². The fourth-order valence-electron chi connectivity index (χ4n) is 2.34. The van der Waals surface area contributed by atoms with Crippen LogP contribution in [0.5, 0.6) is 0 Å². The van der Waals surface area contributed by atoms with Gasteiger partial charge in [-0.25, -0.2) is 4.98 Å². The molecule has 1 N–H and O–H groups in total. The number of hydrogen-bond donors (Lipinski definition) is 1. The number of nitrogens with one attached hydrogen (secondary N) is 1.